The van der Waals surface area contributed by atoms with E-state index in [2.05, 4.69) is 10.3 Å². The first kappa shape index (κ1) is 33.8. The number of aromatic nitrogens is 1. The normalized spacial score (nSPS) is 13.5. The first-order valence-electron chi connectivity index (χ1n) is 16.7. The van der Waals surface area contributed by atoms with Gasteiger partial charge in [-0.2, -0.15) is 5.26 Å². The monoisotopic (exact) mass is 705 g/mol. The molecule has 260 valence electrons. The number of carbonyl (C=O) groups is 2. The van der Waals surface area contributed by atoms with Crippen LogP contribution in [-0.2, 0) is 10.3 Å². The number of ether oxygens (including phenoxy) is 3. The van der Waals surface area contributed by atoms with E-state index in [1.165, 1.54) is 17.4 Å². The molecular formula is C39H36FN5O5S. The maximum Gasteiger partial charge on any atom is 0.340 e. The molecule has 0 bridgehead atoms. The number of nitrogens with zero attached hydrogens (tertiary/aromatic N) is 4. The number of amides is 1. The number of halogens is 1. The van der Waals surface area contributed by atoms with Crippen molar-refractivity contribution < 1.29 is 28.2 Å². The maximum atomic E-state index is 14.4. The van der Waals surface area contributed by atoms with E-state index in [1.54, 1.807) is 24.3 Å². The molecule has 2 aliphatic rings. The summed E-state index contributed by atoms with van der Waals surface area (Å²) >= 11 is 1.20. The van der Waals surface area contributed by atoms with E-state index in [4.69, 9.17) is 19.5 Å². The van der Waals surface area contributed by atoms with Crippen LogP contribution >= 0.6 is 11.3 Å². The van der Waals surface area contributed by atoms with E-state index in [0.29, 0.717) is 62.7 Å². The summed E-state index contributed by atoms with van der Waals surface area (Å²) in [4.78, 5) is 34.9. The van der Waals surface area contributed by atoms with Gasteiger partial charge in [-0.15, -0.1) is 11.3 Å². The lowest BCUT2D eigenvalue weighted by Gasteiger charge is -2.37. The number of anilines is 2. The van der Waals surface area contributed by atoms with E-state index in [1.807, 2.05) is 80.5 Å². The molecule has 0 fully saturated rings. The van der Waals surface area contributed by atoms with Gasteiger partial charge in [-0.05, 0) is 55.3 Å². The molecule has 5 aromatic rings. The van der Waals surface area contributed by atoms with Crippen molar-refractivity contribution in [2.45, 2.75) is 31.3 Å². The Hall–Kier alpha value is -5.67. The van der Waals surface area contributed by atoms with Crippen LogP contribution in [0.3, 0.4) is 0 Å². The second kappa shape index (κ2) is 13.6. The summed E-state index contributed by atoms with van der Waals surface area (Å²) in [6.45, 7) is 0.815. The number of esters is 1. The molecule has 0 aliphatic carbocycles. The Morgan fingerprint density at radius 1 is 0.922 bits per heavy atom. The minimum absolute atomic E-state index is 0.149. The predicted octanol–water partition coefficient (Wildman–Crippen LogP) is 7.38. The molecule has 0 atom stereocenters. The van der Waals surface area contributed by atoms with Gasteiger partial charge in [0.2, 0.25) is 0 Å². The van der Waals surface area contributed by atoms with Crippen LogP contribution < -0.4 is 24.6 Å². The highest BCUT2D eigenvalue weighted by Crippen LogP contribution is 2.57. The molecule has 0 saturated carbocycles. The predicted molar refractivity (Wildman–Crippen MR) is 194 cm³/mol. The summed E-state index contributed by atoms with van der Waals surface area (Å²) in [5.74, 6) is 0.0816. The quantitative estimate of drug-likeness (QED) is 0.111. The van der Waals surface area contributed by atoms with Crippen molar-refractivity contribution >= 4 is 44.8 Å². The van der Waals surface area contributed by atoms with Crippen molar-refractivity contribution in [2.24, 2.45) is 0 Å². The van der Waals surface area contributed by atoms with Crippen molar-refractivity contribution in [1.82, 2.24) is 10.3 Å². The third-order valence-electron chi connectivity index (χ3n) is 9.22. The molecule has 1 spiro atoms. The third kappa shape index (κ3) is 6.18. The number of hydrogen-bond donors (Lipinski definition) is 1. The average Bonchev–Trinajstić information content (AvgIpc) is 3.66. The van der Waals surface area contributed by atoms with Crippen LogP contribution in [0.2, 0.25) is 0 Å². The topological polar surface area (TPSA) is 117 Å². The highest BCUT2D eigenvalue weighted by molar-refractivity contribution is 7.19. The van der Waals surface area contributed by atoms with Crippen LogP contribution in [0.15, 0.2) is 66.7 Å². The van der Waals surface area contributed by atoms with E-state index < -0.39 is 17.4 Å². The maximum absolute atomic E-state index is 14.4. The Bertz CT molecular complexity index is 2170. The SMILES string of the molecule is CN(C)c1ccc2c(c1)Oc1cc(N(C)C)ccc1C21OC(=O)c2ccc(C(=O)NCCCCCCOc3cc4sc(C#N)nc4cc3F)cc21. The Balaban J connectivity index is 1.02. The van der Waals surface area contributed by atoms with Crippen LogP contribution in [0.1, 0.15) is 68.1 Å². The highest BCUT2D eigenvalue weighted by atomic mass is 32.1. The second-order valence-corrected chi connectivity index (χ2v) is 14.0. The van der Waals surface area contributed by atoms with Gasteiger partial charge in [0.05, 0.1) is 22.4 Å². The molecule has 1 amide bonds. The van der Waals surface area contributed by atoms with Gasteiger partial charge in [-0.3, -0.25) is 4.79 Å². The number of nitriles is 1. The number of nitrogens with one attached hydrogen (secondary N) is 1. The number of fused-ring (bicyclic) bond motifs is 7. The molecule has 1 aromatic heterocycles. The van der Waals surface area contributed by atoms with E-state index in [0.717, 1.165) is 37.1 Å². The lowest BCUT2D eigenvalue weighted by Crippen LogP contribution is -2.33. The molecule has 1 N–H and O–H groups in total. The number of benzene rings is 4. The molecule has 4 aromatic carbocycles. The Kier molecular flexibility index (Phi) is 8.99. The summed E-state index contributed by atoms with van der Waals surface area (Å²) in [6, 6.07) is 21.6. The fourth-order valence-electron chi connectivity index (χ4n) is 6.55. The van der Waals surface area contributed by atoms with Gasteiger partial charge < -0.3 is 29.3 Å². The summed E-state index contributed by atoms with van der Waals surface area (Å²) < 4.78 is 33.6. The summed E-state index contributed by atoms with van der Waals surface area (Å²) in [5.41, 5.74) is 3.81. The number of hydrogen-bond acceptors (Lipinski definition) is 10. The van der Waals surface area contributed by atoms with Gasteiger partial charge in [0.1, 0.15) is 17.6 Å². The van der Waals surface area contributed by atoms with Gasteiger partial charge in [-0.25, -0.2) is 14.2 Å². The van der Waals surface area contributed by atoms with Crippen molar-refractivity contribution in [3.8, 4) is 23.3 Å². The number of thiazole rings is 1. The van der Waals surface area contributed by atoms with Gasteiger partial charge >= 0.3 is 5.97 Å². The van der Waals surface area contributed by atoms with Crippen molar-refractivity contribution in [3.63, 3.8) is 0 Å². The van der Waals surface area contributed by atoms with Gasteiger partial charge in [-0.1, -0.05) is 12.8 Å². The van der Waals surface area contributed by atoms with Crippen LogP contribution in [0.5, 0.6) is 17.2 Å². The van der Waals surface area contributed by atoms with Crippen LogP contribution in [0.25, 0.3) is 10.2 Å². The molecule has 10 nitrogen and oxygen atoms in total. The van der Waals surface area contributed by atoms with Crippen LogP contribution in [0, 0.1) is 17.1 Å². The average molecular weight is 706 g/mol. The Labute approximate surface area is 299 Å². The standard InChI is InChI=1S/C39H36FN5O5S/c1-44(2)24-10-13-27-32(18-24)49-33-19-25(45(3)4)11-14-28(33)39(27)29-17-23(9-12-26(29)38(47)50-39)37(46)42-15-7-5-6-8-16-48-34-21-35-31(20-30(34)40)43-36(22-41)51-35/h9-14,17-21H,5-8,15-16H2,1-4H3,(H,42,46). The van der Waals surface area contributed by atoms with Crippen LogP contribution in [0.4, 0.5) is 15.8 Å². The lowest BCUT2D eigenvalue weighted by molar-refractivity contribution is 0.0224. The van der Waals surface area contributed by atoms with Crippen LogP contribution in [-0.4, -0.2) is 58.2 Å². The zero-order valence-electron chi connectivity index (χ0n) is 28.7. The molecule has 3 heterocycles. The number of rotatable bonds is 11. The first-order chi connectivity index (χ1) is 24.6. The zero-order chi connectivity index (χ0) is 35.9. The molecule has 12 heteroatoms. The van der Waals surface area contributed by atoms with Crippen molar-refractivity contribution in [2.75, 3.05) is 51.1 Å². The molecule has 0 unspecified atom stereocenters. The van der Waals surface area contributed by atoms with Gasteiger partial charge in [0.25, 0.3) is 5.91 Å². The smallest absolute Gasteiger partial charge is 0.340 e. The lowest BCUT2D eigenvalue weighted by atomic mass is 9.77. The Morgan fingerprint density at radius 2 is 1.61 bits per heavy atom. The molecular weight excluding hydrogens is 670 g/mol. The van der Waals surface area contributed by atoms with Gasteiger partial charge in [0, 0.05) is 92.6 Å². The Morgan fingerprint density at radius 3 is 2.27 bits per heavy atom. The molecule has 51 heavy (non-hydrogen) atoms. The summed E-state index contributed by atoms with van der Waals surface area (Å²) in [7, 11) is 7.80. The first-order valence-corrected chi connectivity index (χ1v) is 17.5. The number of carbonyl (C=O) groups excluding carboxylic acids is 2. The number of unbranched alkanes of at least 4 members (excludes halogenated alkanes) is 3. The molecule has 0 saturated heterocycles. The summed E-state index contributed by atoms with van der Waals surface area (Å²) in [5, 5.41) is 12.3. The fraction of sp³-hybridized carbons (Fsp3) is 0.282. The van der Waals surface area contributed by atoms with E-state index in [9.17, 15) is 14.0 Å². The zero-order valence-corrected chi connectivity index (χ0v) is 29.5. The van der Waals surface area contributed by atoms with Crippen molar-refractivity contribution in [1.29, 1.82) is 5.26 Å². The fourth-order valence-corrected chi connectivity index (χ4v) is 7.32. The minimum Gasteiger partial charge on any atom is -0.490 e. The minimum atomic E-state index is -1.29. The summed E-state index contributed by atoms with van der Waals surface area (Å²) in [6.07, 6.45) is 3.16. The van der Waals surface area contributed by atoms with E-state index in [-0.39, 0.29) is 16.7 Å². The van der Waals surface area contributed by atoms with Crippen molar-refractivity contribution in [3.05, 3.63) is 105 Å². The molecule has 7 rings (SSSR count). The van der Waals surface area contributed by atoms with Gasteiger partial charge in [0.15, 0.2) is 22.2 Å². The molecule has 2 aliphatic heterocycles. The highest BCUT2D eigenvalue weighted by Gasteiger charge is 2.54. The second-order valence-electron chi connectivity index (χ2n) is 13.0. The van der Waals surface area contributed by atoms with E-state index >= 15 is 0 Å². The molecule has 0 radical (unpaired) electrons. The largest absolute Gasteiger partial charge is 0.490 e. The third-order valence-corrected chi connectivity index (χ3v) is 10.1.